The Balaban J connectivity index is 3.99. The van der Waals surface area contributed by atoms with E-state index in [1.165, 1.54) is 0 Å². The van der Waals surface area contributed by atoms with Crippen molar-refractivity contribution < 1.29 is 10.2 Å². The van der Waals surface area contributed by atoms with Gasteiger partial charge in [0.15, 0.2) is 0 Å². The molecule has 0 aromatic rings. The largest absolute Gasteiger partial charge is 0.396 e. The third-order valence-electron chi connectivity index (χ3n) is 3.57. The molecule has 104 valence electrons. The average molecular weight is 246 g/mol. The number of rotatable bonds is 10. The Bertz CT molecular complexity index is 186. The molecule has 0 heterocycles. The van der Waals surface area contributed by atoms with Crippen molar-refractivity contribution in [2.24, 2.45) is 0 Å². The predicted molar refractivity (Wildman–Crippen MR) is 72.2 cm³/mol. The van der Waals surface area contributed by atoms with Crippen LogP contribution in [0.2, 0.25) is 0 Å². The molecule has 0 radical (unpaired) electrons. The van der Waals surface area contributed by atoms with Crippen LogP contribution >= 0.6 is 0 Å². The number of hydrogen-bond acceptors (Lipinski definition) is 4. The predicted octanol–water partition coefficient (Wildman–Crippen LogP) is 0.830. The van der Waals surface area contributed by atoms with Crippen molar-refractivity contribution in [1.29, 1.82) is 0 Å². The van der Waals surface area contributed by atoms with Crippen LogP contribution in [0, 0.1) is 0 Å². The molecule has 0 amide bonds. The summed E-state index contributed by atoms with van der Waals surface area (Å²) in [6, 6.07) is 0. The first kappa shape index (κ1) is 16.8. The maximum Gasteiger partial charge on any atom is 0.0791 e. The first-order chi connectivity index (χ1) is 8.01. The fourth-order valence-corrected chi connectivity index (χ4v) is 1.85. The van der Waals surface area contributed by atoms with Crippen LogP contribution in [0.25, 0.3) is 0 Å². The Hall–Kier alpha value is -0.160. The number of aliphatic hydroxyl groups excluding tert-OH is 2. The molecule has 0 aromatic heterocycles. The van der Waals surface area contributed by atoms with Crippen LogP contribution in [0.3, 0.4) is 0 Å². The lowest BCUT2D eigenvalue weighted by molar-refractivity contribution is 0.103. The highest BCUT2D eigenvalue weighted by Gasteiger charge is 2.21. The summed E-state index contributed by atoms with van der Waals surface area (Å²) in [5.74, 6) is 0. The van der Waals surface area contributed by atoms with Gasteiger partial charge in [0.1, 0.15) is 0 Å². The second-order valence-electron chi connectivity index (χ2n) is 4.91. The zero-order chi connectivity index (χ0) is 13.3. The molecule has 17 heavy (non-hydrogen) atoms. The van der Waals surface area contributed by atoms with Gasteiger partial charge >= 0.3 is 0 Å². The van der Waals surface area contributed by atoms with Crippen LogP contribution in [0.5, 0.6) is 0 Å². The molecule has 2 unspecified atom stereocenters. The Kier molecular flexibility index (Phi) is 8.78. The topological polar surface area (TPSA) is 55.7 Å². The van der Waals surface area contributed by atoms with Crippen molar-refractivity contribution in [3.8, 4) is 0 Å². The minimum Gasteiger partial charge on any atom is -0.396 e. The Morgan fingerprint density at radius 1 is 1.24 bits per heavy atom. The second kappa shape index (κ2) is 8.86. The molecule has 0 fully saturated rings. The highest BCUT2D eigenvalue weighted by atomic mass is 16.3. The summed E-state index contributed by atoms with van der Waals surface area (Å²) in [5.41, 5.74) is -0.0704. The highest BCUT2D eigenvalue weighted by molar-refractivity contribution is 4.82. The maximum atomic E-state index is 9.94. The summed E-state index contributed by atoms with van der Waals surface area (Å²) < 4.78 is 0. The zero-order valence-corrected chi connectivity index (χ0v) is 11.9. The first-order valence-electron chi connectivity index (χ1n) is 6.77. The van der Waals surface area contributed by atoms with Crippen LogP contribution in [-0.2, 0) is 0 Å². The van der Waals surface area contributed by atoms with Crippen LogP contribution in [0.4, 0.5) is 0 Å². The molecule has 2 atom stereocenters. The highest BCUT2D eigenvalue weighted by Crippen LogP contribution is 2.13. The maximum absolute atomic E-state index is 9.94. The molecular weight excluding hydrogens is 216 g/mol. The summed E-state index contributed by atoms with van der Waals surface area (Å²) in [5, 5.41) is 22.3. The van der Waals surface area contributed by atoms with Gasteiger partial charge in [0, 0.05) is 25.2 Å². The van der Waals surface area contributed by atoms with Crippen LogP contribution < -0.4 is 5.32 Å². The molecule has 0 saturated carbocycles. The van der Waals surface area contributed by atoms with Crippen LogP contribution in [-0.4, -0.2) is 59.5 Å². The lowest BCUT2D eigenvalue weighted by atomic mass is 9.95. The number of β-amino-alcohol motifs (C(OH)–C–C–N with tert-alkyl or cyclic N) is 1. The fraction of sp³-hybridized carbons (Fsp3) is 1.00. The van der Waals surface area contributed by atoms with E-state index in [0.717, 1.165) is 25.9 Å². The fourth-order valence-electron chi connectivity index (χ4n) is 1.85. The van der Waals surface area contributed by atoms with Crippen molar-refractivity contribution in [1.82, 2.24) is 10.2 Å². The summed E-state index contributed by atoms with van der Waals surface area (Å²) >= 11 is 0. The molecule has 0 aliphatic heterocycles. The van der Waals surface area contributed by atoms with Gasteiger partial charge in [-0.05, 0) is 32.9 Å². The van der Waals surface area contributed by atoms with Crippen molar-refractivity contribution in [3.63, 3.8) is 0 Å². The summed E-state index contributed by atoms with van der Waals surface area (Å²) in [7, 11) is 0. The lowest BCUT2D eigenvalue weighted by Crippen LogP contribution is -2.48. The summed E-state index contributed by atoms with van der Waals surface area (Å²) in [6.45, 7) is 11.8. The van der Waals surface area contributed by atoms with E-state index >= 15 is 0 Å². The molecule has 0 spiro atoms. The first-order valence-corrected chi connectivity index (χ1v) is 6.77. The quantitative estimate of drug-likeness (QED) is 0.534. The molecule has 4 nitrogen and oxygen atoms in total. The van der Waals surface area contributed by atoms with Gasteiger partial charge in [-0.15, -0.1) is 0 Å². The molecule has 0 aliphatic rings. The van der Waals surface area contributed by atoms with E-state index in [1.807, 2.05) is 0 Å². The standard InChI is InChI=1S/C13H30N2O2/c1-5-13(4,8-9-16)14-10-12(17)11-15(6-2)7-3/h12,14,16-17H,5-11H2,1-4H3. The van der Waals surface area contributed by atoms with Crippen LogP contribution in [0.15, 0.2) is 0 Å². The van der Waals surface area contributed by atoms with E-state index in [9.17, 15) is 5.11 Å². The molecule has 0 aromatic carbocycles. The van der Waals surface area contributed by atoms with E-state index in [4.69, 9.17) is 5.11 Å². The SMILES string of the molecule is CCN(CC)CC(O)CNC(C)(CC)CCO. The van der Waals surface area contributed by atoms with E-state index in [1.54, 1.807) is 0 Å². The van der Waals surface area contributed by atoms with Crippen molar-refractivity contribution in [2.45, 2.75) is 52.2 Å². The molecule has 3 N–H and O–H groups in total. The molecule has 4 heteroatoms. The average Bonchev–Trinajstić information content (AvgIpc) is 2.34. The third kappa shape index (κ3) is 6.99. The second-order valence-corrected chi connectivity index (χ2v) is 4.91. The monoisotopic (exact) mass is 246 g/mol. The van der Waals surface area contributed by atoms with Gasteiger partial charge in [0.25, 0.3) is 0 Å². The van der Waals surface area contributed by atoms with Gasteiger partial charge in [-0.1, -0.05) is 20.8 Å². The molecule has 0 saturated heterocycles. The van der Waals surface area contributed by atoms with Crippen molar-refractivity contribution in [2.75, 3.05) is 32.8 Å². The van der Waals surface area contributed by atoms with E-state index in [0.29, 0.717) is 13.1 Å². The lowest BCUT2D eigenvalue weighted by Gasteiger charge is -2.31. The van der Waals surface area contributed by atoms with Gasteiger partial charge in [-0.3, -0.25) is 0 Å². The molecule has 0 aliphatic carbocycles. The molecule has 0 rings (SSSR count). The normalized spacial score (nSPS) is 17.1. The van der Waals surface area contributed by atoms with Gasteiger partial charge < -0.3 is 20.4 Å². The van der Waals surface area contributed by atoms with E-state index in [-0.39, 0.29) is 18.2 Å². The number of aliphatic hydroxyl groups is 2. The third-order valence-corrected chi connectivity index (χ3v) is 3.57. The number of nitrogens with zero attached hydrogens (tertiary/aromatic N) is 1. The van der Waals surface area contributed by atoms with Gasteiger partial charge in [-0.25, -0.2) is 0 Å². The van der Waals surface area contributed by atoms with Crippen LogP contribution in [0.1, 0.15) is 40.5 Å². The number of hydrogen-bond donors (Lipinski definition) is 3. The van der Waals surface area contributed by atoms with Gasteiger partial charge in [-0.2, -0.15) is 0 Å². The Labute approximate surface area is 106 Å². The van der Waals surface area contributed by atoms with E-state index < -0.39 is 0 Å². The summed E-state index contributed by atoms with van der Waals surface area (Å²) in [4.78, 5) is 2.21. The molecular formula is C13H30N2O2. The van der Waals surface area contributed by atoms with Crippen molar-refractivity contribution >= 4 is 0 Å². The van der Waals surface area contributed by atoms with Gasteiger partial charge in [0.2, 0.25) is 0 Å². The van der Waals surface area contributed by atoms with Gasteiger partial charge in [0.05, 0.1) is 6.10 Å². The van der Waals surface area contributed by atoms with E-state index in [2.05, 4.69) is 37.9 Å². The smallest absolute Gasteiger partial charge is 0.0791 e. The number of nitrogens with one attached hydrogen (secondary N) is 1. The Morgan fingerprint density at radius 2 is 1.82 bits per heavy atom. The minimum atomic E-state index is -0.348. The number of likely N-dealkylation sites (N-methyl/N-ethyl adjacent to an activating group) is 1. The Morgan fingerprint density at radius 3 is 2.24 bits per heavy atom. The summed E-state index contributed by atoms with van der Waals surface area (Å²) in [6.07, 6.45) is 1.33. The van der Waals surface area contributed by atoms with Crippen molar-refractivity contribution in [3.05, 3.63) is 0 Å². The zero-order valence-electron chi connectivity index (χ0n) is 11.9. The molecule has 0 bridgehead atoms. The minimum absolute atomic E-state index is 0.0704.